The fourth-order valence-electron chi connectivity index (χ4n) is 1.91. The molecule has 0 radical (unpaired) electrons. The van der Waals surface area contributed by atoms with Crippen LogP contribution < -0.4 is 4.74 Å². The number of aliphatic hydroxyl groups is 1. The van der Waals surface area contributed by atoms with Crippen molar-refractivity contribution in [3.8, 4) is 5.75 Å². The van der Waals surface area contributed by atoms with E-state index in [0.29, 0.717) is 28.0 Å². The maximum Gasteiger partial charge on any atom is 0.139 e. The van der Waals surface area contributed by atoms with Gasteiger partial charge in [-0.15, -0.1) is 11.3 Å². The molecule has 2 aromatic rings. The number of thiophene rings is 1. The van der Waals surface area contributed by atoms with Gasteiger partial charge in [0.2, 0.25) is 0 Å². The van der Waals surface area contributed by atoms with Gasteiger partial charge in [-0.1, -0.05) is 23.2 Å². The lowest BCUT2D eigenvalue weighted by Crippen LogP contribution is -2.00. The quantitative estimate of drug-likeness (QED) is 0.839. The third kappa shape index (κ3) is 3.12. The third-order valence-corrected chi connectivity index (χ3v) is 4.93. The van der Waals surface area contributed by atoms with Gasteiger partial charge >= 0.3 is 0 Å². The first kappa shape index (κ1) is 15.6. The van der Waals surface area contributed by atoms with Gasteiger partial charge in [-0.3, -0.25) is 0 Å². The number of aliphatic hydroxyl groups excluding tert-OH is 1. The zero-order valence-electron chi connectivity index (χ0n) is 11.5. The average Bonchev–Trinajstić information content (AvgIpc) is 2.73. The summed E-state index contributed by atoms with van der Waals surface area (Å²) in [6.07, 6.45) is -0.770. The molecule has 0 spiro atoms. The van der Waals surface area contributed by atoms with E-state index in [4.69, 9.17) is 27.9 Å². The van der Waals surface area contributed by atoms with Crippen molar-refractivity contribution < 1.29 is 9.84 Å². The minimum atomic E-state index is -0.770. The van der Waals surface area contributed by atoms with E-state index in [-0.39, 0.29) is 0 Å². The van der Waals surface area contributed by atoms with Crippen molar-refractivity contribution in [3.63, 3.8) is 0 Å². The molecule has 2 rings (SSSR count). The number of ether oxygens (including phenoxy) is 1. The molecule has 20 heavy (non-hydrogen) atoms. The van der Waals surface area contributed by atoms with Crippen LogP contribution in [0, 0.1) is 13.8 Å². The Labute approximate surface area is 132 Å². The van der Waals surface area contributed by atoms with Gasteiger partial charge < -0.3 is 9.84 Å². The highest BCUT2D eigenvalue weighted by Gasteiger charge is 2.19. The number of halogens is 2. The molecule has 1 aromatic heterocycles. The predicted octanol–water partition coefficient (Wildman–Crippen LogP) is 5.15. The number of hydrogen-bond donors (Lipinski definition) is 1. The second kappa shape index (κ2) is 6.35. The van der Waals surface area contributed by atoms with Crippen LogP contribution in [-0.4, -0.2) is 11.7 Å². The Bertz CT molecular complexity index is 603. The molecule has 1 N–H and O–H groups in total. The van der Waals surface area contributed by atoms with Gasteiger partial charge in [0, 0.05) is 21.4 Å². The molecule has 0 aliphatic carbocycles. The van der Waals surface area contributed by atoms with Crippen molar-refractivity contribution in [2.75, 3.05) is 6.61 Å². The van der Waals surface area contributed by atoms with E-state index < -0.39 is 6.10 Å². The molecule has 108 valence electrons. The molecular weight excluding hydrogens is 315 g/mol. The summed E-state index contributed by atoms with van der Waals surface area (Å²) in [5.41, 5.74) is 1.76. The molecule has 1 aromatic carbocycles. The van der Waals surface area contributed by atoms with Crippen LogP contribution in [-0.2, 0) is 0 Å². The predicted molar refractivity (Wildman–Crippen MR) is 85.5 cm³/mol. The number of rotatable bonds is 4. The van der Waals surface area contributed by atoms with Crippen molar-refractivity contribution in [2.24, 2.45) is 0 Å². The first-order chi connectivity index (χ1) is 9.43. The van der Waals surface area contributed by atoms with E-state index in [2.05, 4.69) is 0 Å². The second-order valence-corrected chi connectivity index (χ2v) is 6.63. The summed E-state index contributed by atoms with van der Waals surface area (Å²) < 4.78 is 5.39. The summed E-state index contributed by atoms with van der Waals surface area (Å²) in [5, 5.41) is 11.4. The number of hydrogen-bond acceptors (Lipinski definition) is 3. The fourth-order valence-corrected chi connectivity index (χ4v) is 3.44. The Morgan fingerprint density at radius 1 is 1.20 bits per heavy atom. The van der Waals surface area contributed by atoms with E-state index in [9.17, 15) is 5.11 Å². The van der Waals surface area contributed by atoms with E-state index in [1.165, 1.54) is 4.88 Å². The standard InChI is InChI=1S/C15H16Cl2O2S/c1-4-19-13-7-11(16)10(6-12(13)17)15(18)14-5-8(2)9(3)20-14/h5-7,15,18H,4H2,1-3H3. The van der Waals surface area contributed by atoms with Gasteiger partial charge in [-0.2, -0.15) is 0 Å². The maximum atomic E-state index is 10.5. The first-order valence-electron chi connectivity index (χ1n) is 6.30. The SMILES string of the molecule is CCOc1cc(Cl)c(C(O)c2cc(C)c(C)s2)cc1Cl. The summed E-state index contributed by atoms with van der Waals surface area (Å²) in [4.78, 5) is 2.05. The number of aryl methyl sites for hydroxylation is 2. The molecule has 0 saturated carbocycles. The molecule has 0 saturated heterocycles. The molecule has 0 aliphatic heterocycles. The summed E-state index contributed by atoms with van der Waals surface area (Å²) in [6.45, 7) is 6.45. The Kier molecular flexibility index (Phi) is 4.97. The van der Waals surface area contributed by atoms with Crippen molar-refractivity contribution in [2.45, 2.75) is 26.9 Å². The smallest absolute Gasteiger partial charge is 0.139 e. The first-order valence-corrected chi connectivity index (χ1v) is 7.88. The summed E-state index contributed by atoms with van der Waals surface area (Å²) in [5.74, 6) is 0.536. The van der Waals surface area contributed by atoms with Crippen LogP contribution in [0.1, 0.15) is 33.9 Å². The topological polar surface area (TPSA) is 29.5 Å². The summed E-state index contributed by atoms with van der Waals surface area (Å²) in [6, 6.07) is 5.30. The van der Waals surface area contributed by atoms with Gasteiger partial charge in [0.1, 0.15) is 11.9 Å². The molecule has 1 atom stereocenters. The largest absolute Gasteiger partial charge is 0.492 e. The number of benzene rings is 1. The lowest BCUT2D eigenvalue weighted by molar-refractivity contribution is 0.224. The fraction of sp³-hybridized carbons (Fsp3) is 0.333. The van der Waals surface area contributed by atoms with Crippen LogP contribution in [0.4, 0.5) is 0 Å². The van der Waals surface area contributed by atoms with E-state index in [1.54, 1.807) is 23.5 Å². The summed E-state index contributed by atoms with van der Waals surface area (Å²) >= 11 is 14.0. The Balaban J connectivity index is 2.39. The minimum absolute atomic E-state index is 0.453. The monoisotopic (exact) mass is 330 g/mol. The van der Waals surface area contributed by atoms with Gasteiger partial charge in [0.25, 0.3) is 0 Å². The van der Waals surface area contributed by atoms with Crippen LogP contribution >= 0.6 is 34.5 Å². The molecule has 5 heteroatoms. The van der Waals surface area contributed by atoms with Gasteiger partial charge in [0.05, 0.1) is 16.7 Å². The molecule has 0 fully saturated rings. The van der Waals surface area contributed by atoms with Crippen LogP contribution in [0.3, 0.4) is 0 Å². The van der Waals surface area contributed by atoms with Crippen LogP contribution in [0.2, 0.25) is 10.0 Å². The minimum Gasteiger partial charge on any atom is -0.492 e. The Hall–Kier alpha value is -0.740. The highest BCUT2D eigenvalue weighted by atomic mass is 35.5. The molecule has 0 amide bonds. The lowest BCUT2D eigenvalue weighted by Gasteiger charge is -2.14. The highest BCUT2D eigenvalue weighted by molar-refractivity contribution is 7.12. The second-order valence-electron chi connectivity index (χ2n) is 4.53. The Morgan fingerprint density at radius 2 is 1.90 bits per heavy atom. The van der Waals surface area contributed by atoms with Crippen molar-refractivity contribution in [1.29, 1.82) is 0 Å². The van der Waals surface area contributed by atoms with Crippen molar-refractivity contribution in [1.82, 2.24) is 0 Å². The average molecular weight is 331 g/mol. The summed E-state index contributed by atoms with van der Waals surface area (Å²) in [7, 11) is 0. The third-order valence-electron chi connectivity index (χ3n) is 3.10. The zero-order chi connectivity index (χ0) is 14.9. The molecule has 0 aliphatic rings. The van der Waals surface area contributed by atoms with Crippen LogP contribution in [0.15, 0.2) is 18.2 Å². The molecular formula is C15H16Cl2O2S. The van der Waals surface area contributed by atoms with E-state index in [0.717, 1.165) is 10.4 Å². The van der Waals surface area contributed by atoms with Crippen molar-refractivity contribution >= 4 is 34.5 Å². The van der Waals surface area contributed by atoms with Crippen LogP contribution in [0.5, 0.6) is 5.75 Å². The molecule has 1 heterocycles. The van der Waals surface area contributed by atoms with Gasteiger partial charge in [-0.25, -0.2) is 0 Å². The van der Waals surface area contributed by atoms with E-state index in [1.807, 2.05) is 26.8 Å². The maximum absolute atomic E-state index is 10.5. The highest BCUT2D eigenvalue weighted by Crippen LogP contribution is 2.38. The van der Waals surface area contributed by atoms with Gasteiger partial charge in [0.15, 0.2) is 0 Å². The lowest BCUT2D eigenvalue weighted by atomic mass is 10.1. The van der Waals surface area contributed by atoms with Gasteiger partial charge in [-0.05, 0) is 38.5 Å². The molecule has 2 nitrogen and oxygen atoms in total. The normalized spacial score (nSPS) is 12.5. The van der Waals surface area contributed by atoms with E-state index >= 15 is 0 Å². The molecule has 0 bridgehead atoms. The van der Waals surface area contributed by atoms with Crippen molar-refractivity contribution in [3.05, 3.63) is 49.1 Å². The zero-order valence-corrected chi connectivity index (χ0v) is 13.9. The molecule has 1 unspecified atom stereocenters. The Morgan fingerprint density at radius 3 is 2.45 bits per heavy atom. The van der Waals surface area contributed by atoms with Crippen LogP contribution in [0.25, 0.3) is 0 Å².